The Bertz CT molecular complexity index is 751. The number of aromatic nitrogens is 2. The Hall–Kier alpha value is -2.13. The fourth-order valence-electron chi connectivity index (χ4n) is 2.12. The first-order valence-corrected chi connectivity index (χ1v) is 6.70. The lowest BCUT2D eigenvalue weighted by Gasteiger charge is -2.11. The summed E-state index contributed by atoms with van der Waals surface area (Å²) in [5, 5.41) is 2.67. The van der Waals surface area contributed by atoms with Gasteiger partial charge in [-0.1, -0.05) is 23.7 Å². The van der Waals surface area contributed by atoms with Crippen molar-refractivity contribution in [2.75, 3.05) is 19.0 Å². The van der Waals surface area contributed by atoms with Crippen LogP contribution in [-0.4, -0.2) is 24.1 Å². The Morgan fingerprint density at radius 1 is 0.850 bits per heavy atom. The van der Waals surface area contributed by atoms with Crippen LogP contribution in [0.25, 0.3) is 21.9 Å². The molecule has 0 amide bonds. The number of halogens is 1. The Morgan fingerprint density at radius 3 is 2.35 bits per heavy atom. The summed E-state index contributed by atoms with van der Waals surface area (Å²) in [7, 11) is 3.96. The number of hydrogen-bond acceptors (Lipinski definition) is 3. The minimum atomic E-state index is 0.510. The van der Waals surface area contributed by atoms with Crippen molar-refractivity contribution >= 4 is 28.2 Å². The van der Waals surface area contributed by atoms with E-state index in [9.17, 15) is 0 Å². The van der Waals surface area contributed by atoms with Gasteiger partial charge in [0.2, 0.25) is 0 Å². The Morgan fingerprint density at radius 2 is 1.65 bits per heavy atom. The summed E-state index contributed by atoms with van der Waals surface area (Å²) >= 11 is 5.94. The molecule has 0 unspecified atom stereocenters. The number of nitrogens with zero attached hydrogens (tertiary/aromatic N) is 3. The van der Waals surface area contributed by atoms with E-state index in [1.807, 2.05) is 43.4 Å². The smallest absolute Gasteiger partial charge is 0.129 e. The van der Waals surface area contributed by atoms with E-state index in [4.69, 9.17) is 11.6 Å². The average Bonchev–Trinajstić information content (AvgIpc) is 2.46. The number of hydrogen-bond donors (Lipinski definition) is 0. The number of pyridine rings is 2. The zero-order valence-corrected chi connectivity index (χ0v) is 12.1. The largest absolute Gasteiger partial charge is 0.363 e. The Kier molecular flexibility index (Phi) is 3.28. The second-order valence-corrected chi connectivity index (χ2v) is 5.26. The highest BCUT2D eigenvalue weighted by molar-refractivity contribution is 6.30. The van der Waals surface area contributed by atoms with Crippen LogP contribution in [0.2, 0.25) is 5.15 Å². The summed E-state index contributed by atoms with van der Waals surface area (Å²) in [6.07, 6.45) is 3.67. The van der Waals surface area contributed by atoms with Crippen molar-refractivity contribution in [3.8, 4) is 11.1 Å². The zero-order chi connectivity index (χ0) is 14.1. The van der Waals surface area contributed by atoms with E-state index < -0.39 is 0 Å². The Labute approximate surface area is 122 Å². The molecular weight excluding hydrogens is 270 g/mol. The van der Waals surface area contributed by atoms with Crippen LogP contribution in [0.5, 0.6) is 0 Å². The highest BCUT2D eigenvalue weighted by Gasteiger charge is 2.03. The lowest BCUT2D eigenvalue weighted by molar-refractivity contribution is 1.07. The number of rotatable bonds is 2. The van der Waals surface area contributed by atoms with Crippen LogP contribution < -0.4 is 4.90 Å². The van der Waals surface area contributed by atoms with E-state index in [0.717, 1.165) is 27.7 Å². The van der Waals surface area contributed by atoms with E-state index in [2.05, 4.69) is 28.2 Å². The maximum atomic E-state index is 5.94. The summed E-state index contributed by atoms with van der Waals surface area (Å²) in [4.78, 5) is 10.5. The molecule has 0 N–H and O–H groups in total. The highest BCUT2D eigenvalue weighted by atomic mass is 35.5. The quantitative estimate of drug-likeness (QED) is 0.665. The minimum Gasteiger partial charge on any atom is -0.363 e. The number of benzene rings is 1. The molecule has 0 aliphatic carbocycles. The van der Waals surface area contributed by atoms with Crippen molar-refractivity contribution < 1.29 is 0 Å². The molecule has 0 fully saturated rings. The second-order valence-electron chi connectivity index (χ2n) is 4.87. The van der Waals surface area contributed by atoms with E-state index in [1.165, 1.54) is 0 Å². The SMILES string of the molecule is CN(C)c1ccc(-c2ccc3cnc(Cl)cc3c2)cn1. The van der Waals surface area contributed by atoms with Gasteiger partial charge in [0.1, 0.15) is 11.0 Å². The summed E-state index contributed by atoms with van der Waals surface area (Å²) in [6, 6.07) is 12.2. The van der Waals surface area contributed by atoms with E-state index in [1.54, 1.807) is 6.20 Å². The molecule has 0 bridgehead atoms. The van der Waals surface area contributed by atoms with Gasteiger partial charge in [0.05, 0.1) is 0 Å². The van der Waals surface area contributed by atoms with E-state index in [0.29, 0.717) is 5.15 Å². The van der Waals surface area contributed by atoms with Gasteiger partial charge in [0, 0.05) is 37.4 Å². The summed E-state index contributed by atoms with van der Waals surface area (Å²) in [5.41, 5.74) is 2.21. The van der Waals surface area contributed by atoms with Crippen LogP contribution in [0.15, 0.2) is 48.8 Å². The van der Waals surface area contributed by atoms with Crippen molar-refractivity contribution in [3.05, 3.63) is 53.9 Å². The third kappa shape index (κ3) is 2.45. The molecule has 1 aromatic carbocycles. The van der Waals surface area contributed by atoms with Gasteiger partial charge in [0.15, 0.2) is 0 Å². The lowest BCUT2D eigenvalue weighted by atomic mass is 10.0. The first-order chi connectivity index (χ1) is 9.63. The summed E-state index contributed by atoms with van der Waals surface area (Å²) < 4.78 is 0. The monoisotopic (exact) mass is 283 g/mol. The minimum absolute atomic E-state index is 0.510. The molecular formula is C16H14ClN3. The van der Waals surface area contributed by atoms with Crippen LogP contribution in [0.3, 0.4) is 0 Å². The topological polar surface area (TPSA) is 29.0 Å². The normalized spacial score (nSPS) is 10.8. The molecule has 2 heterocycles. The van der Waals surface area contributed by atoms with Gasteiger partial charge in [-0.3, -0.25) is 0 Å². The molecule has 0 saturated carbocycles. The maximum Gasteiger partial charge on any atom is 0.129 e. The second kappa shape index (κ2) is 5.10. The average molecular weight is 284 g/mol. The molecule has 0 radical (unpaired) electrons. The van der Waals surface area contributed by atoms with Crippen molar-refractivity contribution in [1.29, 1.82) is 0 Å². The third-order valence-electron chi connectivity index (χ3n) is 3.23. The van der Waals surface area contributed by atoms with Crippen LogP contribution in [0, 0.1) is 0 Å². The Balaban J connectivity index is 2.05. The molecule has 20 heavy (non-hydrogen) atoms. The van der Waals surface area contributed by atoms with Gasteiger partial charge in [-0.2, -0.15) is 0 Å². The van der Waals surface area contributed by atoms with Crippen molar-refractivity contribution in [3.63, 3.8) is 0 Å². The van der Waals surface area contributed by atoms with E-state index in [-0.39, 0.29) is 0 Å². The molecule has 0 spiro atoms. The van der Waals surface area contributed by atoms with Crippen molar-refractivity contribution in [2.45, 2.75) is 0 Å². The fourth-order valence-corrected chi connectivity index (χ4v) is 2.28. The molecule has 3 nitrogen and oxygen atoms in total. The standard InChI is InChI=1S/C16H14ClN3/c1-20(2)16-6-5-12(10-19-16)11-3-4-13-9-18-15(17)8-14(13)7-11/h3-10H,1-2H3. The predicted octanol–water partition coefficient (Wildman–Crippen LogP) is 4.02. The van der Waals surface area contributed by atoms with Gasteiger partial charge in [-0.05, 0) is 35.2 Å². The molecule has 100 valence electrons. The van der Waals surface area contributed by atoms with Crippen LogP contribution in [0.4, 0.5) is 5.82 Å². The molecule has 3 rings (SSSR count). The first-order valence-electron chi connectivity index (χ1n) is 6.32. The molecule has 0 saturated heterocycles. The lowest BCUT2D eigenvalue weighted by Crippen LogP contribution is -2.09. The van der Waals surface area contributed by atoms with Gasteiger partial charge in [0.25, 0.3) is 0 Å². The molecule has 2 aromatic heterocycles. The van der Waals surface area contributed by atoms with Gasteiger partial charge < -0.3 is 4.90 Å². The molecule has 4 heteroatoms. The molecule has 3 aromatic rings. The molecule has 0 aliphatic rings. The highest BCUT2D eigenvalue weighted by Crippen LogP contribution is 2.25. The van der Waals surface area contributed by atoms with Crippen LogP contribution >= 0.6 is 11.6 Å². The maximum absolute atomic E-state index is 5.94. The zero-order valence-electron chi connectivity index (χ0n) is 11.3. The third-order valence-corrected chi connectivity index (χ3v) is 3.43. The van der Waals surface area contributed by atoms with Gasteiger partial charge in [-0.25, -0.2) is 9.97 Å². The van der Waals surface area contributed by atoms with Crippen LogP contribution in [-0.2, 0) is 0 Å². The molecule has 0 atom stereocenters. The van der Waals surface area contributed by atoms with Crippen molar-refractivity contribution in [1.82, 2.24) is 9.97 Å². The van der Waals surface area contributed by atoms with Crippen LogP contribution in [0.1, 0.15) is 0 Å². The first kappa shape index (κ1) is 12.9. The molecule has 0 aliphatic heterocycles. The fraction of sp³-hybridized carbons (Fsp3) is 0.125. The summed E-state index contributed by atoms with van der Waals surface area (Å²) in [5.74, 6) is 0.946. The van der Waals surface area contributed by atoms with Gasteiger partial charge in [-0.15, -0.1) is 0 Å². The predicted molar refractivity (Wildman–Crippen MR) is 84.3 cm³/mol. The number of anilines is 1. The van der Waals surface area contributed by atoms with Gasteiger partial charge >= 0.3 is 0 Å². The number of fused-ring (bicyclic) bond motifs is 1. The van der Waals surface area contributed by atoms with E-state index >= 15 is 0 Å². The summed E-state index contributed by atoms with van der Waals surface area (Å²) in [6.45, 7) is 0. The van der Waals surface area contributed by atoms with Crippen molar-refractivity contribution in [2.24, 2.45) is 0 Å².